The van der Waals surface area contributed by atoms with Gasteiger partial charge in [-0.15, -0.1) is 0 Å². The van der Waals surface area contributed by atoms with Gasteiger partial charge in [-0.2, -0.15) is 5.26 Å². The number of rotatable bonds is 3. The van der Waals surface area contributed by atoms with E-state index in [9.17, 15) is 19.1 Å². The van der Waals surface area contributed by atoms with Crippen LogP contribution in [-0.4, -0.2) is 28.7 Å². The van der Waals surface area contributed by atoms with Gasteiger partial charge in [0.15, 0.2) is 5.69 Å². The Morgan fingerprint density at radius 2 is 2.13 bits per heavy atom. The standard InChI is InChI=1S/C14H9ClFN3O4/c1-23-14(22)12-10(18)6(4-17)5-19(12)11-8(16)3-2-7(15)9(11)13(20)21/h2-3,5H,18H2,1H3,(H,20,21). The summed E-state index contributed by atoms with van der Waals surface area (Å²) >= 11 is 5.82. The normalized spacial score (nSPS) is 10.2. The molecule has 0 aliphatic carbocycles. The van der Waals surface area contributed by atoms with Crippen LogP contribution in [0.2, 0.25) is 5.02 Å². The fourth-order valence-electron chi connectivity index (χ4n) is 2.07. The predicted octanol–water partition coefficient (Wildman–Crippen LogP) is 2.21. The molecule has 0 saturated heterocycles. The smallest absolute Gasteiger partial charge is 0.357 e. The molecule has 0 saturated carbocycles. The van der Waals surface area contributed by atoms with Crippen LogP contribution in [0.3, 0.4) is 0 Å². The predicted molar refractivity (Wildman–Crippen MR) is 78.2 cm³/mol. The van der Waals surface area contributed by atoms with Gasteiger partial charge in [0, 0.05) is 6.20 Å². The van der Waals surface area contributed by atoms with Crippen LogP contribution in [0.25, 0.3) is 5.69 Å². The molecule has 0 amide bonds. The molecule has 0 aliphatic rings. The first-order valence-electron chi connectivity index (χ1n) is 6.04. The maximum Gasteiger partial charge on any atom is 0.357 e. The van der Waals surface area contributed by atoms with E-state index in [4.69, 9.17) is 22.6 Å². The number of carbonyl (C=O) groups excluding carboxylic acids is 1. The van der Waals surface area contributed by atoms with Gasteiger partial charge >= 0.3 is 11.9 Å². The Bertz CT molecular complexity index is 870. The Morgan fingerprint density at radius 3 is 2.65 bits per heavy atom. The highest BCUT2D eigenvalue weighted by molar-refractivity contribution is 6.34. The topological polar surface area (TPSA) is 118 Å². The molecule has 0 unspecified atom stereocenters. The summed E-state index contributed by atoms with van der Waals surface area (Å²) in [4.78, 5) is 23.3. The Kier molecular flexibility index (Phi) is 4.24. The number of nitrogen functional groups attached to an aromatic ring is 1. The van der Waals surface area contributed by atoms with Crippen molar-refractivity contribution in [2.75, 3.05) is 12.8 Å². The fraction of sp³-hybridized carbons (Fsp3) is 0.0714. The van der Waals surface area contributed by atoms with Gasteiger partial charge in [0.25, 0.3) is 0 Å². The third-order valence-electron chi connectivity index (χ3n) is 3.08. The molecular formula is C14H9ClFN3O4. The van der Waals surface area contributed by atoms with Crippen molar-refractivity contribution in [3.63, 3.8) is 0 Å². The van der Waals surface area contributed by atoms with Crippen molar-refractivity contribution in [1.29, 1.82) is 5.26 Å². The molecular weight excluding hydrogens is 329 g/mol. The summed E-state index contributed by atoms with van der Waals surface area (Å²) < 4.78 is 19.7. The van der Waals surface area contributed by atoms with Crippen LogP contribution in [-0.2, 0) is 4.74 Å². The first-order valence-corrected chi connectivity index (χ1v) is 6.42. The van der Waals surface area contributed by atoms with E-state index in [0.29, 0.717) is 0 Å². The van der Waals surface area contributed by atoms with Crippen LogP contribution in [0.4, 0.5) is 10.1 Å². The van der Waals surface area contributed by atoms with Crippen LogP contribution in [0.15, 0.2) is 18.3 Å². The number of ether oxygens (including phenoxy) is 1. The van der Waals surface area contributed by atoms with Gasteiger partial charge in [-0.3, -0.25) is 0 Å². The van der Waals surface area contributed by atoms with E-state index < -0.39 is 29.0 Å². The average molecular weight is 338 g/mol. The number of nitriles is 1. The SMILES string of the molecule is COC(=O)c1c(N)c(C#N)cn1-c1c(F)ccc(Cl)c1C(=O)O. The number of methoxy groups -OCH3 is 1. The van der Waals surface area contributed by atoms with Crippen LogP contribution in [0, 0.1) is 17.1 Å². The molecule has 0 spiro atoms. The summed E-state index contributed by atoms with van der Waals surface area (Å²) in [5.74, 6) is -3.43. The number of hydrogen-bond donors (Lipinski definition) is 2. The number of nitrogens with zero attached hydrogens (tertiary/aromatic N) is 2. The lowest BCUT2D eigenvalue weighted by Crippen LogP contribution is -2.15. The molecule has 0 bridgehead atoms. The van der Waals surface area contributed by atoms with E-state index in [2.05, 4.69) is 4.74 Å². The molecule has 0 radical (unpaired) electrons. The van der Waals surface area contributed by atoms with Crippen LogP contribution in [0.1, 0.15) is 26.4 Å². The van der Waals surface area contributed by atoms with Gasteiger partial charge in [0.1, 0.15) is 17.4 Å². The monoisotopic (exact) mass is 337 g/mol. The summed E-state index contributed by atoms with van der Waals surface area (Å²) in [6.07, 6.45) is 1.04. The Morgan fingerprint density at radius 1 is 1.48 bits per heavy atom. The molecule has 0 fully saturated rings. The summed E-state index contributed by atoms with van der Waals surface area (Å²) in [7, 11) is 1.07. The Balaban J connectivity index is 2.94. The largest absolute Gasteiger partial charge is 0.478 e. The molecule has 23 heavy (non-hydrogen) atoms. The average Bonchev–Trinajstić information content (AvgIpc) is 2.84. The number of aromatic nitrogens is 1. The maximum atomic E-state index is 14.2. The molecule has 0 aliphatic heterocycles. The second-order valence-electron chi connectivity index (χ2n) is 4.34. The minimum absolute atomic E-state index is 0.138. The van der Waals surface area contributed by atoms with E-state index in [1.54, 1.807) is 6.07 Å². The third-order valence-corrected chi connectivity index (χ3v) is 3.39. The maximum absolute atomic E-state index is 14.2. The van der Waals surface area contributed by atoms with Crippen molar-refractivity contribution in [3.8, 4) is 11.8 Å². The molecule has 3 N–H and O–H groups in total. The number of carboxylic acid groups (broad SMARTS) is 1. The molecule has 1 heterocycles. The molecule has 0 atom stereocenters. The highest BCUT2D eigenvalue weighted by Gasteiger charge is 2.27. The van der Waals surface area contributed by atoms with Gasteiger partial charge in [0.05, 0.1) is 29.1 Å². The van der Waals surface area contributed by atoms with E-state index in [1.807, 2.05) is 0 Å². The molecule has 2 aromatic rings. The summed E-state index contributed by atoms with van der Waals surface area (Å²) in [6.45, 7) is 0. The molecule has 9 heteroatoms. The van der Waals surface area contributed by atoms with Crippen molar-refractivity contribution in [1.82, 2.24) is 4.57 Å². The number of benzene rings is 1. The van der Waals surface area contributed by atoms with Gasteiger partial charge < -0.3 is 20.1 Å². The van der Waals surface area contributed by atoms with Gasteiger partial charge in [-0.1, -0.05) is 11.6 Å². The lowest BCUT2D eigenvalue weighted by Gasteiger charge is -2.13. The zero-order valence-corrected chi connectivity index (χ0v) is 12.4. The highest BCUT2D eigenvalue weighted by Crippen LogP contribution is 2.31. The van der Waals surface area contributed by atoms with E-state index in [-0.39, 0.29) is 22.0 Å². The molecule has 1 aromatic heterocycles. The van der Waals surface area contributed by atoms with Gasteiger partial charge in [0.2, 0.25) is 0 Å². The van der Waals surface area contributed by atoms with E-state index in [0.717, 1.165) is 30.0 Å². The van der Waals surface area contributed by atoms with E-state index >= 15 is 0 Å². The van der Waals surface area contributed by atoms with Gasteiger partial charge in [-0.05, 0) is 12.1 Å². The molecule has 1 aromatic carbocycles. The Labute approximate surface area is 134 Å². The number of esters is 1. The number of aromatic carboxylic acids is 1. The highest BCUT2D eigenvalue weighted by atomic mass is 35.5. The minimum Gasteiger partial charge on any atom is -0.478 e. The lowest BCUT2D eigenvalue weighted by atomic mass is 10.1. The molecule has 118 valence electrons. The zero-order valence-electron chi connectivity index (χ0n) is 11.6. The first kappa shape index (κ1) is 16.3. The zero-order chi connectivity index (χ0) is 17.3. The number of nitrogens with two attached hydrogens (primary N) is 1. The third kappa shape index (κ3) is 2.58. The first-order chi connectivity index (χ1) is 10.8. The lowest BCUT2D eigenvalue weighted by molar-refractivity contribution is 0.0590. The van der Waals surface area contributed by atoms with Crippen LogP contribution < -0.4 is 5.73 Å². The fourth-order valence-corrected chi connectivity index (χ4v) is 2.30. The molecule has 2 rings (SSSR count). The number of hydrogen-bond acceptors (Lipinski definition) is 5. The van der Waals surface area contributed by atoms with Crippen LogP contribution >= 0.6 is 11.6 Å². The number of anilines is 1. The van der Waals surface area contributed by atoms with Crippen molar-refractivity contribution in [2.24, 2.45) is 0 Å². The summed E-state index contributed by atoms with van der Waals surface area (Å²) in [5.41, 5.74) is 3.85. The van der Waals surface area contributed by atoms with Crippen molar-refractivity contribution in [3.05, 3.63) is 46.0 Å². The second-order valence-corrected chi connectivity index (χ2v) is 4.74. The van der Waals surface area contributed by atoms with Crippen molar-refractivity contribution < 1.29 is 23.8 Å². The summed E-state index contributed by atoms with van der Waals surface area (Å²) in [6, 6.07) is 3.74. The van der Waals surface area contributed by atoms with Crippen LogP contribution in [0.5, 0.6) is 0 Å². The number of halogens is 2. The second kappa shape index (κ2) is 5.98. The van der Waals surface area contributed by atoms with E-state index in [1.165, 1.54) is 0 Å². The summed E-state index contributed by atoms with van der Waals surface area (Å²) in [5, 5.41) is 18.1. The molecule has 7 nitrogen and oxygen atoms in total. The number of carbonyl (C=O) groups is 2. The van der Waals surface area contributed by atoms with Crippen molar-refractivity contribution in [2.45, 2.75) is 0 Å². The van der Waals surface area contributed by atoms with Gasteiger partial charge in [-0.25, -0.2) is 14.0 Å². The number of carboxylic acids is 1. The minimum atomic E-state index is -1.51. The van der Waals surface area contributed by atoms with Crippen molar-refractivity contribution >= 4 is 29.2 Å². The Hall–Kier alpha value is -3.05. The quantitative estimate of drug-likeness (QED) is 0.829.